The average molecular weight is 479 g/mol. The van der Waals surface area contributed by atoms with Gasteiger partial charge in [0.15, 0.2) is 6.61 Å². The second kappa shape index (κ2) is 9.25. The Labute approximate surface area is 188 Å². The van der Waals surface area contributed by atoms with Gasteiger partial charge in [-0.1, -0.05) is 11.6 Å². The fourth-order valence-corrected chi connectivity index (χ4v) is 5.16. The van der Waals surface area contributed by atoms with E-state index in [4.69, 9.17) is 21.1 Å². The van der Waals surface area contributed by atoms with Gasteiger partial charge < -0.3 is 19.8 Å². The Hall–Kier alpha value is -2.99. The van der Waals surface area contributed by atoms with Crippen molar-refractivity contribution in [1.82, 2.24) is 14.3 Å². The number of sulfonamides is 1. The number of esters is 1. The number of morpholine rings is 1. The topological polar surface area (TPSA) is 131 Å². The van der Waals surface area contributed by atoms with Crippen molar-refractivity contribution in [2.75, 3.05) is 38.2 Å². The van der Waals surface area contributed by atoms with Crippen LogP contribution in [-0.2, 0) is 24.3 Å². The van der Waals surface area contributed by atoms with E-state index in [1.54, 1.807) is 12.3 Å². The number of carbonyl (C=O) groups is 2. The maximum absolute atomic E-state index is 12.9. The van der Waals surface area contributed by atoms with Crippen LogP contribution in [0.25, 0.3) is 11.0 Å². The van der Waals surface area contributed by atoms with Crippen LogP contribution in [0.4, 0.5) is 5.69 Å². The van der Waals surface area contributed by atoms with Crippen molar-refractivity contribution < 1.29 is 27.5 Å². The number of fused-ring (bicyclic) bond motifs is 1. The molecule has 32 heavy (non-hydrogen) atoms. The highest BCUT2D eigenvalue weighted by Gasteiger charge is 2.28. The molecular weight excluding hydrogens is 460 g/mol. The number of hydrogen-bond acceptors (Lipinski definition) is 7. The Morgan fingerprint density at radius 1 is 1.22 bits per heavy atom. The molecule has 2 N–H and O–H groups in total. The minimum atomic E-state index is -3.85. The van der Waals surface area contributed by atoms with Crippen LogP contribution in [0.5, 0.6) is 0 Å². The summed E-state index contributed by atoms with van der Waals surface area (Å²) in [5, 5.41) is 3.14. The van der Waals surface area contributed by atoms with E-state index >= 15 is 0 Å². The molecule has 0 radical (unpaired) electrons. The Balaban J connectivity index is 1.43. The number of nitrogens with zero attached hydrogens (tertiary/aromatic N) is 2. The molecule has 0 saturated carbocycles. The van der Waals surface area contributed by atoms with Gasteiger partial charge >= 0.3 is 5.97 Å². The molecule has 3 heterocycles. The number of aromatic amines is 1. The van der Waals surface area contributed by atoms with Crippen LogP contribution >= 0.6 is 11.6 Å². The Kier molecular flexibility index (Phi) is 6.42. The third kappa shape index (κ3) is 4.60. The monoisotopic (exact) mass is 478 g/mol. The summed E-state index contributed by atoms with van der Waals surface area (Å²) in [5.41, 5.74) is 1.01. The first-order chi connectivity index (χ1) is 15.4. The van der Waals surface area contributed by atoms with Crippen molar-refractivity contribution in [1.29, 1.82) is 0 Å². The van der Waals surface area contributed by atoms with Gasteiger partial charge in [-0.15, -0.1) is 0 Å². The molecule has 0 atom stereocenters. The maximum atomic E-state index is 12.9. The summed E-state index contributed by atoms with van der Waals surface area (Å²) < 4.78 is 37.4. The number of halogens is 1. The number of aromatic nitrogens is 2. The Morgan fingerprint density at radius 3 is 2.78 bits per heavy atom. The van der Waals surface area contributed by atoms with Crippen molar-refractivity contribution in [2.45, 2.75) is 4.90 Å². The first kappa shape index (κ1) is 22.2. The summed E-state index contributed by atoms with van der Waals surface area (Å²) in [5.74, 6) is -1.31. The maximum Gasteiger partial charge on any atom is 0.339 e. The molecule has 1 fully saturated rings. The summed E-state index contributed by atoms with van der Waals surface area (Å²) in [6.07, 6.45) is 3.10. The molecule has 3 aromatic rings. The van der Waals surface area contributed by atoms with E-state index in [0.29, 0.717) is 24.2 Å². The predicted molar refractivity (Wildman–Crippen MR) is 116 cm³/mol. The molecule has 0 unspecified atom stereocenters. The largest absolute Gasteiger partial charge is 0.452 e. The zero-order valence-electron chi connectivity index (χ0n) is 16.7. The van der Waals surface area contributed by atoms with Crippen LogP contribution in [0.15, 0.2) is 47.6 Å². The molecule has 1 saturated heterocycles. The van der Waals surface area contributed by atoms with Gasteiger partial charge in [-0.3, -0.25) is 4.79 Å². The first-order valence-corrected chi connectivity index (χ1v) is 11.4. The zero-order valence-corrected chi connectivity index (χ0v) is 18.3. The number of pyridine rings is 1. The number of carbonyl (C=O) groups excluding carboxylic acids is 2. The predicted octanol–water partition coefficient (Wildman–Crippen LogP) is 2.03. The second-order valence-electron chi connectivity index (χ2n) is 6.88. The lowest BCUT2D eigenvalue weighted by molar-refractivity contribution is -0.119. The molecule has 1 aromatic carbocycles. The number of benzene rings is 1. The van der Waals surface area contributed by atoms with E-state index in [-0.39, 0.29) is 34.3 Å². The number of amides is 1. The van der Waals surface area contributed by atoms with Crippen LogP contribution in [0.3, 0.4) is 0 Å². The smallest absolute Gasteiger partial charge is 0.339 e. The van der Waals surface area contributed by atoms with E-state index in [1.807, 2.05) is 0 Å². The third-order valence-corrected chi connectivity index (χ3v) is 7.20. The third-order valence-electron chi connectivity index (χ3n) is 4.82. The van der Waals surface area contributed by atoms with Gasteiger partial charge in [-0.25, -0.2) is 18.2 Å². The van der Waals surface area contributed by atoms with Crippen LogP contribution in [-0.4, -0.2) is 67.5 Å². The normalized spacial score (nSPS) is 14.9. The van der Waals surface area contributed by atoms with Gasteiger partial charge in [0.1, 0.15) is 10.5 Å². The lowest BCUT2D eigenvalue weighted by atomic mass is 10.2. The molecule has 12 heteroatoms. The molecule has 168 valence electrons. The molecule has 2 aromatic heterocycles. The van der Waals surface area contributed by atoms with Crippen molar-refractivity contribution >= 4 is 50.2 Å². The van der Waals surface area contributed by atoms with Crippen molar-refractivity contribution in [3.63, 3.8) is 0 Å². The van der Waals surface area contributed by atoms with Gasteiger partial charge in [-0.05, 0) is 30.3 Å². The molecule has 0 aliphatic carbocycles. The summed E-state index contributed by atoms with van der Waals surface area (Å²) in [7, 11) is -3.85. The van der Waals surface area contributed by atoms with Crippen LogP contribution < -0.4 is 5.32 Å². The summed E-state index contributed by atoms with van der Waals surface area (Å²) in [6.45, 7) is 0.473. The van der Waals surface area contributed by atoms with E-state index < -0.39 is 28.5 Å². The minimum absolute atomic E-state index is 0.0362. The molecule has 0 bridgehead atoms. The molecule has 10 nitrogen and oxygen atoms in total. The number of anilines is 1. The molecule has 1 aliphatic rings. The van der Waals surface area contributed by atoms with Crippen molar-refractivity contribution in [2.24, 2.45) is 0 Å². The van der Waals surface area contributed by atoms with Gasteiger partial charge in [0.25, 0.3) is 5.91 Å². The first-order valence-electron chi connectivity index (χ1n) is 9.63. The van der Waals surface area contributed by atoms with E-state index in [2.05, 4.69) is 15.3 Å². The molecular formula is C20H19ClN4O6S. The fraction of sp³-hybridized carbons (Fsp3) is 0.250. The standard InChI is InChI=1S/C20H19ClN4O6S/c21-16-2-1-13(11-17(16)32(28,29)25-7-9-30-10-8-25)24-18(26)12-31-20(27)15-4-6-23-19-14(15)3-5-22-19/h1-6,11H,7-10,12H2,(H,22,23)(H,24,26). The number of hydrogen-bond donors (Lipinski definition) is 2. The number of nitrogens with one attached hydrogen (secondary N) is 2. The van der Waals surface area contributed by atoms with E-state index in [1.165, 1.54) is 34.8 Å². The summed E-state index contributed by atoms with van der Waals surface area (Å²) in [4.78, 5) is 31.5. The lowest BCUT2D eigenvalue weighted by Crippen LogP contribution is -2.40. The number of ether oxygens (including phenoxy) is 2. The van der Waals surface area contributed by atoms with Gasteiger partial charge in [-0.2, -0.15) is 4.31 Å². The quantitative estimate of drug-likeness (QED) is 0.518. The number of rotatable bonds is 6. The highest BCUT2D eigenvalue weighted by molar-refractivity contribution is 7.89. The average Bonchev–Trinajstić information content (AvgIpc) is 3.28. The van der Waals surface area contributed by atoms with Gasteiger partial charge in [0, 0.05) is 36.6 Å². The highest BCUT2D eigenvalue weighted by Crippen LogP contribution is 2.28. The van der Waals surface area contributed by atoms with Crippen LogP contribution in [0.2, 0.25) is 5.02 Å². The van der Waals surface area contributed by atoms with Gasteiger partial charge in [0.2, 0.25) is 10.0 Å². The highest BCUT2D eigenvalue weighted by atomic mass is 35.5. The van der Waals surface area contributed by atoms with Gasteiger partial charge in [0.05, 0.1) is 23.8 Å². The Morgan fingerprint density at radius 2 is 2.00 bits per heavy atom. The van der Waals surface area contributed by atoms with E-state index in [9.17, 15) is 18.0 Å². The van der Waals surface area contributed by atoms with Crippen LogP contribution in [0, 0.1) is 0 Å². The zero-order chi connectivity index (χ0) is 22.7. The van der Waals surface area contributed by atoms with Crippen molar-refractivity contribution in [3.05, 3.63) is 53.3 Å². The van der Waals surface area contributed by atoms with Crippen molar-refractivity contribution in [3.8, 4) is 0 Å². The molecule has 1 aliphatic heterocycles. The SMILES string of the molecule is O=C(COC(=O)c1ccnc2[nH]ccc12)Nc1ccc(Cl)c(S(=O)(=O)N2CCOCC2)c1. The molecule has 0 spiro atoms. The summed E-state index contributed by atoms with van der Waals surface area (Å²) >= 11 is 6.12. The summed E-state index contributed by atoms with van der Waals surface area (Å²) in [6, 6.07) is 7.31. The fourth-order valence-electron chi connectivity index (χ4n) is 3.25. The van der Waals surface area contributed by atoms with Crippen LogP contribution in [0.1, 0.15) is 10.4 Å². The second-order valence-corrected chi connectivity index (χ2v) is 9.20. The molecule has 4 rings (SSSR count). The minimum Gasteiger partial charge on any atom is -0.452 e. The number of H-pyrrole nitrogens is 1. The molecule has 1 amide bonds. The lowest BCUT2D eigenvalue weighted by Gasteiger charge is -2.26. The Bertz CT molecular complexity index is 1270. The van der Waals surface area contributed by atoms with E-state index in [0.717, 1.165) is 0 Å².